The molecule has 2 aromatic rings. The van der Waals surface area contributed by atoms with Gasteiger partial charge in [0.05, 0.1) is 14.2 Å². The number of benzene rings is 2. The highest BCUT2D eigenvalue weighted by atomic mass is 16.5. The van der Waals surface area contributed by atoms with Crippen LogP contribution in [0.5, 0.6) is 11.5 Å². The number of rotatable bonds is 5. The molecule has 1 heterocycles. The lowest BCUT2D eigenvalue weighted by Gasteiger charge is -2.26. The van der Waals surface area contributed by atoms with Crippen molar-refractivity contribution in [3.05, 3.63) is 59.2 Å². The van der Waals surface area contributed by atoms with Crippen LogP contribution in [0.3, 0.4) is 0 Å². The minimum atomic E-state index is -0.216. The van der Waals surface area contributed by atoms with Gasteiger partial charge in [-0.2, -0.15) is 0 Å². The fraction of sp³-hybridized carbons (Fsp3) is 0.263. The van der Waals surface area contributed by atoms with Gasteiger partial charge in [0, 0.05) is 36.2 Å². The summed E-state index contributed by atoms with van der Waals surface area (Å²) in [5.41, 5.74) is 2.08. The molecule has 1 unspecified atom stereocenters. The molecule has 0 spiro atoms. The number of hydrogen-bond acceptors (Lipinski definition) is 4. The highest BCUT2D eigenvalue weighted by molar-refractivity contribution is 5.97. The van der Waals surface area contributed by atoms with Gasteiger partial charge < -0.3 is 20.1 Å². The maximum atomic E-state index is 12.5. The van der Waals surface area contributed by atoms with E-state index in [4.69, 9.17) is 9.47 Å². The van der Waals surface area contributed by atoms with Crippen LogP contribution in [0.4, 0.5) is 0 Å². The molecule has 6 heteroatoms. The summed E-state index contributed by atoms with van der Waals surface area (Å²) < 4.78 is 10.4. The molecule has 0 aromatic heterocycles. The van der Waals surface area contributed by atoms with E-state index in [0.29, 0.717) is 35.7 Å². The third-order valence-electron chi connectivity index (χ3n) is 4.28. The van der Waals surface area contributed by atoms with E-state index in [2.05, 4.69) is 10.6 Å². The summed E-state index contributed by atoms with van der Waals surface area (Å²) in [6, 6.07) is 12.5. The first kappa shape index (κ1) is 16.8. The average molecular weight is 340 g/mol. The summed E-state index contributed by atoms with van der Waals surface area (Å²) in [7, 11) is 3.08. The molecule has 25 heavy (non-hydrogen) atoms. The van der Waals surface area contributed by atoms with Crippen molar-refractivity contribution >= 4 is 11.8 Å². The second-order valence-corrected chi connectivity index (χ2v) is 5.81. The third kappa shape index (κ3) is 3.57. The SMILES string of the molecule is COc1cc(OC)cc(C(=O)NCC2CNC(=O)c3ccccc32)c1. The minimum Gasteiger partial charge on any atom is -0.497 e. The number of ether oxygens (including phenoxy) is 2. The lowest BCUT2D eigenvalue weighted by Crippen LogP contribution is -2.40. The van der Waals surface area contributed by atoms with E-state index in [9.17, 15) is 9.59 Å². The molecular weight excluding hydrogens is 320 g/mol. The standard InChI is InChI=1S/C19H20N2O4/c1-24-14-7-12(8-15(9-14)25-2)18(22)20-10-13-11-21-19(23)17-6-4-3-5-16(13)17/h3-9,13H,10-11H2,1-2H3,(H,20,22)(H,21,23). The normalized spacial score (nSPS) is 15.8. The van der Waals surface area contributed by atoms with Gasteiger partial charge in [-0.05, 0) is 23.8 Å². The molecule has 0 aliphatic carbocycles. The molecule has 1 aliphatic rings. The summed E-state index contributed by atoms with van der Waals surface area (Å²) in [4.78, 5) is 24.4. The third-order valence-corrected chi connectivity index (χ3v) is 4.28. The van der Waals surface area contributed by atoms with E-state index in [1.807, 2.05) is 18.2 Å². The molecule has 130 valence electrons. The van der Waals surface area contributed by atoms with Gasteiger partial charge in [-0.25, -0.2) is 0 Å². The molecule has 0 bridgehead atoms. The van der Waals surface area contributed by atoms with E-state index in [1.54, 1.807) is 24.3 Å². The molecule has 0 fully saturated rings. The van der Waals surface area contributed by atoms with Crippen molar-refractivity contribution < 1.29 is 19.1 Å². The quantitative estimate of drug-likeness (QED) is 0.872. The van der Waals surface area contributed by atoms with Crippen molar-refractivity contribution in [3.63, 3.8) is 0 Å². The summed E-state index contributed by atoms with van der Waals surface area (Å²) >= 11 is 0. The number of methoxy groups -OCH3 is 2. The summed E-state index contributed by atoms with van der Waals surface area (Å²) in [6.45, 7) is 0.924. The van der Waals surface area contributed by atoms with Gasteiger partial charge in [0.15, 0.2) is 0 Å². The van der Waals surface area contributed by atoms with Crippen LogP contribution in [0.15, 0.2) is 42.5 Å². The van der Waals surface area contributed by atoms with Crippen LogP contribution in [-0.4, -0.2) is 39.1 Å². The van der Waals surface area contributed by atoms with Crippen molar-refractivity contribution in [2.24, 2.45) is 0 Å². The van der Waals surface area contributed by atoms with Crippen molar-refractivity contribution in [3.8, 4) is 11.5 Å². The van der Waals surface area contributed by atoms with Gasteiger partial charge in [0.2, 0.25) is 0 Å². The second kappa shape index (κ2) is 7.25. The van der Waals surface area contributed by atoms with Crippen LogP contribution in [0.2, 0.25) is 0 Å². The Morgan fingerprint density at radius 1 is 1.16 bits per heavy atom. The van der Waals surface area contributed by atoms with Crippen LogP contribution in [-0.2, 0) is 0 Å². The zero-order valence-corrected chi connectivity index (χ0v) is 14.2. The molecule has 1 atom stereocenters. The Bertz CT molecular complexity index is 782. The molecule has 0 saturated carbocycles. The summed E-state index contributed by atoms with van der Waals surface area (Å²) in [5, 5.41) is 5.78. The monoisotopic (exact) mass is 340 g/mol. The van der Waals surface area contributed by atoms with Crippen LogP contribution in [0.1, 0.15) is 32.2 Å². The zero-order valence-electron chi connectivity index (χ0n) is 14.2. The highest BCUT2D eigenvalue weighted by Crippen LogP contribution is 2.24. The smallest absolute Gasteiger partial charge is 0.251 e. The first-order valence-electron chi connectivity index (χ1n) is 8.00. The number of nitrogens with one attached hydrogen (secondary N) is 2. The number of carbonyl (C=O) groups excluding carboxylic acids is 2. The molecule has 2 aromatic carbocycles. The van der Waals surface area contributed by atoms with Gasteiger partial charge in [-0.3, -0.25) is 9.59 Å². The van der Waals surface area contributed by atoms with Gasteiger partial charge in [-0.1, -0.05) is 18.2 Å². The Labute approximate surface area is 146 Å². The predicted molar refractivity (Wildman–Crippen MR) is 93.4 cm³/mol. The predicted octanol–water partition coefficient (Wildman–Crippen LogP) is 1.96. The Morgan fingerprint density at radius 3 is 2.52 bits per heavy atom. The molecule has 1 aliphatic heterocycles. The summed E-state index contributed by atoms with van der Waals surface area (Å²) in [6.07, 6.45) is 0. The van der Waals surface area contributed by atoms with Crippen LogP contribution < -0.4 is 20.1 Å². The number of hydrogen-bond donors (Lipinski definition) is 2. The topological polar surface area (TPSA) is 76.7 Å². The molecule has 6 nitrogen and oxygen atoms in total. The van der Waals surface area contributed by atoms with E-state index in [0.717, 1.165) is 5.56 Å². The first-order chi connectivity index (χ1) is 12.1. The van der Waals surface area contributed by atoms with Crippen molar-refractivity contribution in [1.29, 1.82) is 0 Å². The molecule has 3 rings (SSSR count). The van der Waals surface area contributed by atoms with E-state index < -0.39 is 0 Å². The molecule has 0 radical (unpaired) electrons. The van der Waals surface area contributed by atoms with E-state index >= 15 is 0 Å². The lowest BCUT2D eigenvalue weighted by molar-refractivity contribution is 0.0935. The molecule has 0 saturated heterocycles. The van der Waals surface area contributed by atoms with E-state index in [1.165, 1.54) is 14.2 Å². The van der Waals surface area contributed by atoms with Crippen LogP contribution >= 0.6 is 0 Å². The van der Waals surface area contributed by atoms with Crippen LogP contribution in [0, 0.1) is 0 Å². The van der Waals surface area contributed by atoms with Gasteiger partial charge >= 0.3 is 0 Å². The minimum absolute atomic E-state index is 0.0327. The van der Waals surface area contributed by atoms with Gasteiger partial charge in [0.25, 0.3) is 11.8 Å². The molecular formula is C19H20N2O4. The maximum absolute atomic E-state index is 12.5. The Kier molecular flexibility index (Phi) is 4.88. The van der Waals surface area contributed by atoms with Gasteiger partial charge in [0.1, 0.15) is 11.5 Å². The Balaban J connectivity index is 1.73. The largest absolute Gasteiger partial charge is 0.497 e. The van der Waals surface area contributed by atoms with Crippen molar-refractivity contribution in [1.82, 2.24) is 10.6 Å². The van der Waals surface area contributed by atoms with Gasteiger partial charge in [-0.15, -0.1) is 0 Å². The maximum Gasteiger partial charge on any atom is 0.251 e. The number of amides is 2. The highest BCUT2D eigenvalue weighted by Gasteiger charge is 2.25. The first-order valence-corrected chi connectivity index (χ1v) is 8.00. The second-order valence-electron chi connectivity index (χ2n) is 5.81. The fourth-order valence-corrected chi connectivity index (χ4v) is 2.92. The Hall–Kier alpha value is -3.02. The van der Waals surface area contributed by atoms with Crippen molar-refractivity contribution in [2.75, 3.05) is 27.3 Å². The summed E-state index contributed by atoms with van der Waals surface area (Å²) in [5.74, 6) is 0.854. The number of carbonyl (C=O) groups is 2. The lowest BCUT2D eigenvalue weighted by atomic mass is 9.90. The van der Waals surface area contributed by atoms with Crippen molar-refractivity contribution in [2.45, 2.75) is 5.92 Å². The molecule has 2 amide bonds. The van der Waals surface area contributed by atoms with Crippen LogP contribution in [0.25, 0.3) is 0 Å². The van der Waals surface area contributed by atoms with E-state index in [-0.39, 0.29) is 17.7 Å². The average Bonchev–Trinajstić information content (AvgIpc) is 2.67. The molecule has 2 N–H and O–H groups in total. The Morgan fingerprint density at radius 2 is 1.84 bits per heavy atom. The fourth-order valence-electron chi connectivity index (χ4n) is 2.92. The number of fused-ring (bicyclic) bond motifs is 1. The zero-order chi connectivity index (χ0) is 17.8.